The molecule has 0 saturated carbocycles. The number of aryl methyl sites for hydroxylation is 2. The zero-order valence-electron chi connectivity index (χ0n) is 18.7. The lowest BCUT2D eigenvalue weighted by Crippen LogP contribution is -2.16. The fraction of sp³-hybridized carbons (Fsp3) is 0.290. The Labute approximate surface area is 188 Å². The minimum absolute atomic E-state index is 0.704. The highest BCUT2D eigenvalue weighted by Gasteiger charge is 2.19. The number of benzene rings is 4. The van der Waals surface area contributed by atoms with Gasteiger partial charge in [-0.3, -0.25) is 0 Å². The summed E-state index contributed by atoms with van der Waals surface area (Å²) in [6.45, 7) is 2.47. The van der Waals surface area contributed by atoms with Crippen LogP contribution in [0.4, 0.5) is 0 Å². The Morgan fingerprint density at radius 1 is 0.581 bits per heavy atom. The predicted octanol–water partition coefficient (Wildman–Crippen LogP) is 8.29. The molecule has 0 N–H and O–H groups in total. The van der Waals surface area contributed by atoms with Crippen molar-refractivity contribution >= 4 is 10.8 Å². The standard InChI is InChI=1S/C31H34/c1-25(22-23-27-14-6-3-7-15-27)29(19-10-16-26-12-4-2-5-13-26)24-30-20-11-18-28-17-8-9-21-31(28)30/h2-9,11-15,17-18,20-21,25,29H,10,16,19,22-24H2,1H3. The molecule has 0 saturated heterocycles. The average molecular weight is 407 g/mol. The first-order valence-corrected chi connectivity index (χ1v) is 11.8. The summed E-state index contributed by atoms with van der Waals surface area (Å²) < 4.78 is 0. The van der Waals surface area contributed by atoms with Crippen LogP contribution < -0.4 is 0 Å². The molecular weight excluding hydrogens is 372 g/mol. The van der Waals surface area contributed by atoms with Gasteiger partial charge in [-0.05, 0) is 77.8 Å². The summed E-state index contributed by atoms with van der Waals surface area (Å²) in [5, 5.41) is 2.79. The molecule has 0 heterocycles. The van der Waals surface area contributed by atoms with Crippen LogP contribution in [0.2, 0.25) is 0 Å². The minimum Gasteiger partial charge on any atom is -0.0622 e. The second-order valence-corrected chi connectivity index (χ2v) is 8.98. The smallest absolute Gasteiger partial charge is 0.0152 e. The van der Waals surface area contributed by atoms with Gasteiger partial charge in [0.25, 0.3) is 0 Å². The number of hydrogen-bond donors (Lipinski definition) is 0. The van der Waals surface area contributed by atoms with Gasteiger partial charge in [-0.2, -0.15) is 0 Å². The molecule has 0 bridgehead atoms. The van der Waals surface area contributed by atoms with Crippen LogP contribution in [0.1, 0.15) is 42.9 Å². The van der Waals surface area contributed by atoms with Crippen molar-refractivity contribution in [2.24, 2.45) is 11.8 Å². The van der Waals surface area contributed by atoms with Gasteiger partial charge in [-0.25, -0.2) is 0 Å². The number of rotatable bonds is 10. The molecule has 0 radical (unpaired) electrons. The van der Waals surface area contributed by atoms with Gasteiger partial charge >= 0.3 is 0 Å². The van der Waals surface area contributed by atoms with E-state index in [1.807, 2.05) is 0 Å². The van der Waals surface area contributed by atoms with Crippen LogP contribution in [-0.4, -0.2) is 0 Å². The molecule has 4 aromatic carbocycles. The van der Waals surface area contributed by atoms with Gasteiger partial charge in [0, 0.05) is 0 Å². The van der Waals surface area contributed by atoms with E-state index >= 15 is 0 Å². The summed E-state index contributed by atoms with van der Waals surface area (Å²) in [5.41, 5.74) is 4.43. The molecule has 0 fully saturated rings. The second-order valence-electron chi connectivity index (χ2n) is 8.98. The van der Waals surface area contributed by atoms with Crippen molar-refractivity contribution in [1.29, 1.82) is 0 Å². The Hall–Kier alpha value is -2.86. The predicted molar refractivity (Wildman–Crippen MR) is 134 cm³/mol. The molecule has 4 rings (SSSR count). The molecule has 158 valence electrons. The van der Waals surface area contributed by atoms with E-state index in [2.05, 4.69) is 110 Å². The molecule has 2 unspecified atom stereocenters. The van der Waals surface area contributed by atoms with Crippen molar-refractivity contribution in [3.8, 4) is 0 Å². The quantitative estimate of drug-likeness (QED) is 0.248. The Balaban J connectivity index is 1.46. The summed E-state index contributed by atoms with van der Waals surface area (Å²) in [6.07, 6.45) is 7.32. The molecule has 31 heavy (non-hydrogen) atoms. The molecule has 0 aliphatic carbocycles. The van der Waals surface area contributed by atoms with Crippen molar-refractivity contribution in [2.45, 2.75) is 45.4 Å². The van der Waals surface area contributed by atoms with Crippen LogP contribution in [-0.2, 0) is 19.3 Å². The van der Waals surface area contributed by atoms with Gasteiger partial charge in [0.05, 0.1) is 0 Å². The summed E-state index contributed by atoms with van der Waals surface area (Å²) in [5.74, 6) is 1.41. The molecule has 2 atom stereocenters. The van der Waals surface area contributed by atoms with E-state index < -0.39 is 0 Å². The van der Waals surface area contributed by atoms with E-state index in [0.29, 0.717) is 11.8 Å². The third-order valence-corrected chi connectivity index (χ3v) is 6.78. The highest BCUT2D eigenvalue weighted by Crippen LogP contribution is 2.30. The Morgan fingerprint density at radius 3 is 1.94 bits per heavy atom. The maximum Gasteiger partial charge on any atom is -0.0152 e. The summed E-state index contributed by atoms with van der Waals surface area (Å²) in [4.78, 5) is 0. The van der Waals surface area contributed by atoms with Crippen molar-refractivity contribution in [2.75, 3.05) is 0 Å². The largest absolute Gasteiger partial charge is 0.0622 e. The van der Waals surface area contributed by atoms with E-state index in [0.717, 1.165) is 0 Å². The highest BCUT2D eigenvalue weighted by molar-refractivity contribution is 5.85. The SMILES string of the molecule is CC(CCc1ccccc1)C(CCCc1ccccc1)Cc1cccc2ccccc12. The van der Waals surface area contributed by atoms with Crippen molar-refractivity contribution in [3.05, 3.63) is 120 Å². The molecule has 0 aromatic heterocycles. The van der Waals surface area contributed by atoms with Crippen LogP contribution in [0.25, 0.3) is 10.8 Å². The van der Waals surface area contributed by atoms with Gasteiger partial charge in [-0.1, -0.05) is 110 Å². The summed E-state index contributed by atoms with van der Waals surface area (Å²) >= 11 is 0. The summed E-state index contributed by atoms with van der Waals surface area (Å²) in [7, 11) is 0. The van der Waals surface area contributed by atoms with E-state index in [1.54, 1.807) is 0 Å². The van der Waals surface area contributed by atoms with E-state index in [9.17, 15) is 0 Å². The van der Waals surface area contributed by atoms with Crippen LogP contribution >= 0.6 is 0 Å². The molecule has 0 aliphatic rings. The van der Waals surface area contributed by atoms with Crippen LogP contribution in [0.15, 0.2) is 103 Å². The molecule has 0 aliphatic heterocycles. The first-order chi connectivity index (χ1) is 15.3. The maximum absolute atomic E-state index is 2.47. The normalized spacial score (nSPS) is 13.2. The monoisotopic (exact) mass is 406 g/mol. The lowest BCUT2D eigenvalue weighted by atomic mass is 9.80. The number of fused-ring (bicyclic) bond motifs is 1. The van der Waals surface area contributed by atoms with Crippen molar-refractivity contribution in [3.63, 3.8) is 0 Å². The van der Waals surface area contributed by atoms with Crippen LogP contribution in [0.5, 0.6) is 0 Å². The average Bonchev–Trinajstić information content (AvgIpc) is 2.83. The van der Waals surface area contributed by atoms with Gasteiger partial charge in [0.1, 0.15) is 0 Å². The first kappa shape index (κ1) is 21.4. The lowest BCUT2D eigenvalue weighted by molar-refractivity contribution is 0.310. The Kier molecular flexibility index (Phi) is 7.56. The molecule has 0 heteroatoms. The third kappa shape index (κ3) is 6.07. The molecule has 4 aromatic rings. The topological polar surface area (TPSA) is 0 Å². The van der Waals surface area contributed by atoms with Crippen LogP contribution in [0, 0.1) is 11.8 Å². The fourth-order valence-electron chi connectivity index (χ4n) is 4.83. The molecule has 0 nitrogen and oxygen atoms in total. The van der Waals surface area contributed by atoms with Gasteiger partial charge in [0.2, 0.25) is 0 Å². The van der Waals surface area contributed by atoms with Gasteiger partial charge in [-0.15, -0.1) is 0 Å². The highest BCUT2D eigenvalue weighted by atomic mass is 14.2. The van der Waals surface area contributed by atoms with E-state index in [-0.39, 0.29) is 0 Å². The molecule has 0 amide bonds. The fourth-order valence-corrected chi connectivity index (χ4v) is 4.83. The minimum atomic E-state index is 0.704. The maximum atomic E-state index is 2.47. The first-order valence-electron chi connectivity index (χ1n) is 11.8. The third-order valence-electron chi connectivity index (χ3n) is 6.78. The van der Waals surface area contributed by atoms with E-state index in [4.69, 9.17) is 0 Å². The Bertz CT molecular complexity index is 1040. The molecule has 0 spiro atoms. The van der Waals surface area contributed by atoms with Crippen LogP contribution in [0.3, 0.4) is 0 Å². The Morgan fingerprint density at radius 2 is 1.19 bits per heavy atom. The van der Waals surface area contributed by atoms with E-state index in [1.165, 1.54) is 66.0 Å². The van der Waals surface area contributed by atoms with Gasteiger partial charge < -0.3 is 0 Å². The lowest BCUT2D eigenvalue weighted by Gasteiger charge is -2.25. The second kappa shape index (κ2) is 11.0. The zero-order valence-corrected chi connectivity index (χ0v) is 18.7. The van der Waals surface area contributed by atoms with Gasteiger partial charge in [0.15, 0.2) is 0 Å². The summed E-state index contributed by atoms with van der Waals surface area (Å²) in [6, 6.07) is 37.6. The number of hydrogen-bond acceptors (Lipinski definition) is 0. The van der Waals surface area contributed by atoms with Crippen molar-refractivity contribution in [1.82, 2.24) is 0 Å². The zero-order chi connectivity index (χ0) is 21.3. The molecular formula is C31H34. The van der Waals surface area contributed by atoms with Crippen molar-refractivity contribution < 1.29 is 0 Å².